The van der Waals surface area contributed by atoms with Crippen molar-refractivity contribution >= 4 is 28.4 Å². The first-order valence-electron chi connectivity index (χ1n) is 14.6. The van der Waals surface area contributed by atoms with Gasteiger partial charge in [-0.05, 0) is 68.7 Å². The van der Waals surface area contributed by atoms with Crippen molar-refractivity contribution in [2.24, 2.45) is 0 Å². The van der Waals surface area contributed by atoms with Gasteiger partial charge in [0, 0.05) is 32.1 Å². The number of anilines is 2. The number of halogens is 3. The molecule has 1 amide bonds. The van der Waals surface area contributed by atoms with Gasteiger partial charge in [0.2, 0.25) is 5.91 Å². The molecular formula is C32H33F3N6O3. The van der Waals surface area contributed by atoms with Crippen LogP contribution in [0.5, 0.6) is 0 Å². The first-order valence-corrected chi connectivity index (χ1v) is 14.6. The molecule has 0 radical (unpaired) electrons. The van der Waals surface area contributed by atoms with Gasteiger partial charge in [-0.2, -0.15) is 13.2 Å². The lowest BCUT2D eigenvalue weighted by Gasteiger charge is -2.46. The van der Waals surface area contributed by atoms with E-state index in [4.69, 9.17) is 9.47 Å². The van der Waals surface area contributed by atoms with Crippen LogP contribution in [0.2, 0.25) is 0 Å². The molecule has 0 bridgehead atoms. The number of benzene rings is 1. The molecule has 2 atom stereocenters. The summed E-state index contributed by atoms with van der Waals surface area (Å²) in [4.78, 5) is 33.2. The lowest BCUT2D eigenvalue weighted by Crippen LogP contribution is -2.56. The zero-order valence-electron chi connectivity index (χ0n) is 24.7. The Hall–Kier alpha value is -4.16. The minimum Gasteiger partial charge on any atom is -0.377 e. The number of fused-ring (bicyclic) bond motifs is 1. The fraction of sp³-hybridized carbons (Fsp3) is 0.406. The number of hydrogen-bond donors (Lipinski definition) is 1. The molecule has 12 heteroatoms. The fourth-order valence-corrected chi connectivity index (χ4v) is 6.13. The van der Waals surface area contributed by atoms with Gasteiger partial charge in [-0.1, -0.05) is 18.6 Å². The molecule has 6 rings (SSSR count). The second-order valence-corrected chi connectivity index (χ2v) is 11.5. The van der Waals surface area contributed by atoms with E-state index in [0.29, 0.717) is 30.1 Å². The van der Waals surface area contributed by atoms with E-state index in [2.05, 4.69) is 25.3 Å². The quantitative estimate of drug-likeness (QED) is 0.271. The van der Waals surface area contributed by atoms with Crippen LogP contribution in [0, 0.1) is 0 Å². The predicted octanol–water partition coefficient (Wildman–Crippen LogP) is 6.05. The molecule has 1 aliphatic carbocycles. The van der Waals surface area contributed by atoms with Crippen LogP contribution in [0.1, 0.15) is 50.1 Å². The number of rotatable bonds is 7. The van der Waals surface area contributed by atoms with Crippen molar-refractivity contribution in [2.75, 3.05) is 25.5 Å². The number of morpholine rings is 1. The number of methoxy groups -OCH3 is 1. The van der Waals surface area contributed by atoms with Gasteiger partial charge < -0.3 is 19.7 Å². The van der Waals surface area contributed by atoms with Gasteiger partial charge in [-0.25, -0.2) is 15.0 Å². The lowest BCUT2D eigenvalue weighted by atomic mass is 9.63. The number of nitrogens with zero attached hydrogens (tertiary/aromatic N) is 5. The minimum atomic E-state index is -4.59. The monoisotopic (exact) mass is 606 g/mol. The molecule has 1 aliphatic heterocycles. The second-order valence-electron chi connectivity index (χ2n) is 11.5. The number of hydrogen-bond acceptors (Lipinski definition) is 8. The van der Waals surface area contributed by atoms with Gasteiger partial charge >= 0.3 is 6.18 Å². The topological polar surface area (TPSA) is 102 Å². The molecule has 3 aromatic heterocycles. The summed E-state index contributed by atoms with van der Waals surface area (Å²) >= 11 is 0. The molecule has 4 aromatic rings. The minimum absolute atomic E-state index is 0.00157. The fourth-order valence-electron chi connectivity index (χ4n) is 6.13. The molecule has 0 spiro atoms. The van der Waals surface area contributed by atoms with Gasteiger partial charge in [0.1, 0.15) is 18.1 Å². The first-order chi connectivity index (χ1) is 21.1. The molecule has 0 unspecified atom stereocenters. The summed E-state index contributed by atoms with van der Waals surface area (Å²) in [5.41, 5.74) is 0.250. The molecule has 1 aromatic carbocycles. The Morgan fingerprint density at radius 2 is 1.77 bits per heavy atom. The molecule has 1 saturated heterocycles. The zero-order valence-corrected chi connectivity index (χ0v) is 24.7. The summed E-state index contributed by atoms with van der Waals surface area (Å²) in [5.74, 6) is 0.895. The van der Waals surface area contributed by atoms with Crippen LogP contribution in [0.3, 0.4) is 0 Å². The maximum absolute atomic E-state index is 13.8. The molecule has 9 nitrogen and oxygen atoms in total. The highest BCUT2D eigenvalue weighted by Crippen LogP contribution is 2.46. The predicted molar refractivity (Wildman–Crippen MR) is 158 cm³/mol. The van der Waals surface area contributed by atoms with E-state index in [1.54, 1.807) is 6.07 Å². The number of amides is 1. The zero-order chi connectivity index (χ0) is 31.1. The van der Waals surface area contributed by atoms with Crippen LogP contribution in [-0.2, 0) is 32.5 Å². The second kappa shape index (κ2) is 11.7. The molecule has 2 fully saturated rings. The van der Waals surface area contributed by atoms with Gasteiger partial charge in [-0.15, -0.1) is 0 Å². The summed E-state index contributed by atoms with van der Waals surface area (Å²) < 4.78 is 52.1. The molecule has 1 saturated carbocycles. The van der Waals surface area contributed by atoms with E-state index in [9.17, 15) is 18.0 Å². The van der Waals surface area contributed by atoms with E-state index in [1.165, 1.54) is 25.4 Å². The van der Waals surface area contributed by atoms with Gasteiger partial charge in [0.05, 0.1) is 34.3 Å². The van der Waals surface area contributed by atoms with E-state index < -0.39 is 17.2 Å². The van der Waals surface area contributed by atoms with Crippen LogP contribution in [-0.4, -0.2) is 63.2 Å². The number of carbonyl (C=O) groups excluding carboxylic acids is 1. The van der Waals surface area contributed by atoms with Gasteiger partial charge in [-0.3, -0.25) is 9.78 Å². The normalized spacial score (nSPS) is 19.9. The van der Waals surface area contributed by atoms with Crippen molar-refractivity contribution in [2.45, 2.75) is 63.5 Å². The average molecular weight is 607 g/mol. The number of aromatic nitrogens is 4. The third-order valence-electron chi connectivity index (χ3n) is 8.26. The van der Waals surface area contributed by atoms with Crippen molar-refractivity contribution in [3.8, 4) is 11.4 Å². The van der Waals surface area contributed by atoms with Crippen molar-refractivity contribution < 1.29 is 27.4 Å². The number of ether oxygens (including phenoxy) is 2. The summed E-state index contributed by atoms with van der Waals surface area (Å²) in [7, 11) is 1.50. The molecular weight excluding hydrogens is 573 g/mol. The van der Waals surface area contributed by atoms with Crippen molar-refractivity contribution in [1.29, 1.82) is 0 Å². The van der Waals surface area contributed by atoms with Crippen LogP contribution in [0.25, 0.3) is 22.4 Å². The lowest BCUT2D eigenvalue weighted by molar-refractivity contribution is -0.152. The number of pyridine rings is 2. The Kier molecular flexibility index (Phi) is 7.97. The maximum atomic E-state index is 13.8. The summed E-state index contributed by atoms with van der Waals surface area (Å²) in [5, 5.41) is 3.82. The summed E-state index contributed by atoms with van der Waals surface area (Å²) in [6.45, 7) is 5.24. The highest BCUT2D eigenvalue weighted by atomic mass is 19.4. The molecule has 4 heterocycles. The largest absolute Gasteiger partial charge is 0.418 e. The van der Waals surface area contributed by atoms with Crippen molar-refractivity contribution in [3.63, 3.8) is 0 Å². The summed E-state index contributed by atoms with van der Waals surface area (Å²) in [6, 6.07) is 13.1. The Morgan fingerprint density at radius 3 is 2.41 bits per heavy atom. The van der Waals surface area contributed by atoms with E-state index >= 15 is 0 Å². The molecule has 2 aliphatic rings. The van der Waals surface area contributed by atoms with Crippen LogP contribution >= 0.6 is 0 Å². The van der Waals surface area contributed by atoms with Crippen molar-refractivity contribution in [1.82, 2.24) is 24.8 Å². The van der Waals surface area contributed by atoms with Gasteiger partial charge in [0.15, 0.2) is 11.5 Å². The number of nitrogens with one attached hydrogen (secondary N) is 1. The van der Waals surface area contributed by atoms with Gasteiger partial charge in [0.25, 0.3) is 0 Å². The molecule has 1 N–H and O–H groups in total. The SMILES string of the molecule is COCc1nc(Nc2ccc(C3(C(=O)N4C[C@@H](C)O[C@@H](C)C4)CCC3)cc2)c2ccc(-c3ncccc3C(F)(F)F)nc2n1. The van der Waals surface area contributed by atoms with E-state index in [0.717, 1.165) is 36.6 Å². The Labute approximate surface area is 252 Å². The number of carbonyl (C=O) groups is 1. The molecule has 230 valence electrons. The third kappa shape index (κ3) is 5.71. The third-order valence-corrected chi connectivity index (χ3v) is 8.26. The average Bonchev–Trinajstić information content (AvgIpc) is 2.96. The Bertz CT molecular complexity index is 1670. The Morgan fingerprint density at radius 1 is 1.05 bits per heavy atom. The summed E-state index contributed by atoms with van der Waals surface area (Å²) in [6.07, 6.45) is -0.697. The smallest absolute Gasteiger partial charge is 0.377 e. The van der Waals surface area contributed by atoms with E-state index in [-0.39, 0.29) is 41.8 Å². The highest BCUT2D eigenvalue weighted by Gasteiger charge is 2.48. The van der Waals surface area contributed by atoms with E-state index in [1.807, 2.05) is 43.0 Å². The highest BCUT2D eigenvalue weighted by molar-refractivity contribution is 5.91. The van der Waals surface area contributed by atoms with Crippen LogP contribution in [0.15, 0.2) is 54.7 Å². The standard InChI is InChI=1S/C32H33F3N6O3/c1-19-16-41(17-20(2)44-19)30(42)31(13-5-14-31)21-7-9-22(10-8-21)37-28-23-11-12-25(38-29(23)40-26(39-28)18-43-3)27-24(32(33,34)35)6-4-15-36-27/h4,6-12,15,19-20H,5,13-14,16-18H2,1-3H3,(H,37,38,39,40)/t19-,20+. The number of alkyl halides is 3. The van der Waals surface area contributed by atoms with Crippen LogP contribution < -0.4 is 5.32 Å². The first kappa shape index (κ1) is 29.9. The maximum Gasteiger partial charge on any atom is 0.418 e. The van der Waals surface area contributed by atoms with Crippen LogP contribution in [0.4, 0.5) is 24.7 Å². The molecule has 44 heavy (non-hydrogen) atoms. The van der Waals surface area contributed by atoms with Crippen molar-refractivity contribution in [3.05, 3.63) is 71.7 Å². The Balaban J connectivity index is 1.30.